The second-order valence-electron chi connectivity index (χ2n) is 7.44. The van der Waals surface area contributed by atoms with Gasteiger partial charge in [-0.1, -0.05) is 12.1 Å². The van der Waals surface area contributed by atoms with Crippen molar-refractivity contribution < 1.29 is 9.59 Å². The van der Waals surface area contributed by atoms with Crippen LogP contribution in [0.2, 0.25) is 0 Å². The maximum absolute atomic E-state index is 12.5. The van der Waals surface area contributed by atoms with Crippen molar-refractivity contribution in [2.24, 2.45) is 7.05 Å². The lowest BCUT2D eigenvalue weighted by molar-refractivity contribution is 0.0963. The number of benzene rings is 1. The van der Waals surface area contributed by atoms with E-state index in [1.165, 1.54) is 13.2 Å². The van der Waals surface area contributed by atoms with Crippen LogP contribution >= 0.6 is 0 Å². The highest BCUT2D eigenvalue weighted by Gasteiger charge is 2.32. The number of pyridine rings is 1. The Bertz CT molecular complexity index is 1200. The number of nitrogens with one attached hydrogen (secondary N) is 4. The molecule has 0 radical (unpaired) electrons. The summed E-state index contributed by atoms with van der Waals surface area (Å²) >= 11 is 0. The monoisotopic (exact) mass is 435 g/mol. The van der Waals surface area contributed by atoms with Gasteiger partial charge in [0.25, 0.3) is 5.91 Å². The number of hydrogen-bond acceptors (Lipinski definition) is 7. The van der Waals surface area contributed by atoms with Crippen LogP contribution in [0.15, 0.2) is 30.5 Å². The van der Waals surface area contributed by atoms with Crippen LogP contribution < -0.4 is 26.2 Å². The van der Waals surface area contributed by atoms with Crippen molar-refractivity contribution in [2.45, 2.75) is 13.0 Å². The molecule has 32 heavy (non-hydrogen) atoms. The molecule has 1 aliphatic rings. The summed E-state index contributed by atoms with van der Waals surface area (Å²) in [5, 5.41) is 20.2. The Morgan fingerprint density at radius 2 is 1.84 bits per heavy atom. The van der Waals surface area contributed by atoms with Crippen molar-refractivity contribution in [1.82, 2.24) is 30.6 Å². The van der Waals surface area contributed by atoms with Crippen LogP contribution in [0.4, 0.5) is 27.7 Å². The molecule has 2 aromatic heterocycles. The Kier molecular flexibility index (Phi) is 5.39. The van der Waals surface area contributed by atoms with E-state index in [-0.39, 0.29) is 11.9 Å². The van der Waals surface area contributed by atoms with Crippen molar-refractivity contribution in [3.63, 3.8) is 0 Å². The van der Waals surface area contributed by atoms with Gasteiger partial charge < -0.3 is 20.9 Å². The number of aryl methyl sites for hydroxylation is 1. The summed E-state index contributed by atoms with van der Waals surface area (Å²) < 4.78 is 0. The summed E-state index contributed by atoms with van der Waals surface area (Å²) in [5.74, 6) is 0.0106. The zero-order valence-corrected chi connectivity index (χ0v) is 18.5. The summed E-state index contributed by atoms with van der Waals surface area (Å²) in [4.78, 5) is 32.1. The fourth-order valence-corrected chi connectivity index (χ4v) is 3.75. The van der Waals surface area contributed by atoms with Crippen molar-refractivity contribution in [3.05, 3.63) is 41.7 Å². The molecule has 3 heterocycles. The molecule has 3 amide bonds. The fraction of sp³-hybridized carbons (Fsp3) is 0.286. The van der Waals surface area contributed by atoms with Gasteiger partial charge in [0.1, 0.15) is 17.2 Å². The molecule has 4 rings (SSSR count). The average molecular weight is 435 g/mol. The van der Waals surface area contributed by atoms with E-state index in [0.29, 0.717) is 17.1 Å². The molecule has 0 fully saturated rings. The van der Waals surface area contributed by atoms with Gasteiger partial charge in [0.2, 0.25) is 0 Å². The number of nitrogens with zero attached hydrogens (tertiary/aromatic N) is 5. The van der Waals surface area contributed by atoms with E-state index >= 15 is 0 Å². The van der Waals surface area contributed by atoms with Gasteiger partial charge in [-0.05, 0) is 13.0 Å². The topological polar surface area (TPSA) is 129 Å². The van der Waals surface area contributed by atoms with E-state index in [2.05, 4.69) is 48.3 Å². The number of rotatable bonds is 4. The quantitative estimate of drug-likeness (QED) is 0.495. The van der Waals surface area contributed by atoms with Gasteiger partial charge in [-0.3, -0.25) is 10.1 Å². The van der Waals surface area contributed by atoms with Gasteiger partial charge >= 0.3 is 6.03 Å². The Labute approximate surface area is 185 Å². The molecule has 3 aromatic rings. The van der Waals surface area contributed by atoms with Crippen molar-refractivity contribution in [3.8, 4) is 11.3 Å². The second-order valence-corrected chi connectivity index (χ2v) is 7.44. The average Bonchev–Trinajstić information content (AvgIpc) is 3.19. The summed E-state index contributed by atoms with van der Waals surface area (Å²) in [6.45, 7) is 2.07. The highest BCUT2D eigenvalue weighted by Crippen LogP contribution is 2.46. The summed E-state index contributed by atoms with van der Waals surface area (Å²) in [6, 6.07) is 7.09. The standard InChI is InChI=1S/C21H25N9O2/c1-11-17-18(28-30(5)27-17)12-7-6-8-14(19(12)29(11)4)25-15-9-16(26-21(32)23-3)24-10-13(15)20(31)22-2/h6-11H,1-5H3,(H,22,31)(H3,23,24,25,26,32)/t11-/m0/s1. The van der Waals surface area contributed by atoms with E-state index in [1.807, 2.05) is 25.2 Å². The third-order valence-corrected chi connectivity index (χ3v) is 5.47. The summed E-state index contributed by atoms with van der Waals surface area (Å²) in [6.07, 6.45) is 1.43. The zero-order chi connectivity index (χ0) is 23.0. The maximum Gasteiger partial charge on any atom is 0.320 e. The van der Waals surface area contributed by atoms with Crippen molar-refractivity contribution in [2.75, 3.05) is 36.7 Å². The van der Waals surface area contributed by atoms with Crippen molar-refractivity contribution in [1.29, 1.82) is 0 Å². The molecule has 11 heteroatoms. The van der Waals surface area contributed by atoms with Gasteiger partial charge in [0, 0.05) is 46.0 Å². The van der Waals surface area contributed by atoms with Crippen LogP contribution in [-0.2, 0) is 7.05 Å². The number of aromatic nitrogens is 4. The van der Waals surface area contributed by atoms with Gasteiger partial charge in [-0.25, -0.2) is 9.78 Å². The molecular formula is C21H25N9O2. The van der Waals surface area contributed by atoms with Crippen molar-refractivity contribution >= 4 is 34.8 Å². The molecule has 0 saturated carbocycles. The number of hydrogen-bond donors (Lipinski definition) is 4. The third-order valence-electron chi connectivity index (χ3n) is 5.47. The lowest BCUT2D eigenvalue weighted by Crippen LogP contribution is -2.27. The van der Waals surface area contributed by atoms with Crippen LogP contribution in [0.25, 0.3) is 11.3 Å². The first-order valence-corrected chi connectivity index (χ1v) is 10.1. The molecule has 4 N–H and O–H groups in total. The molecule has 1 aliphatic heterocycles. The fourth-order valence-electron chi connectivity index (χ4n) is 3.75. The van der Waals surface area contributed by atoms with Crippen LogP contribution in [0.3, 0.4) is 0 Å². The normalized spacial score (nSPS) is 14.3. The molecule has 1 aromatic carbocycles. The number of fused-ring (bicyclic) bond motifs is 3. The molecule has 0 spiro atoms. The predicted molar refractivity (Wildman–Crippen MR) is 122 cm³/mol. The lowest BCUT2D eigenvalue weighted by atomic mass is 9.96. The third kappa shape index (κ3) is 3.57. The van der Waals surface area contributed by atoms with Gasteiger partial charge in [-0.2, -0.15) is 15.0 Å². The van der Waals surface area contributed by atoms with E-state index < -0.39 is 6.03 Å². The highest BCUT2D eigenvalue weighted by atomic mass is 16.2. The second kappa shape index (κ2) is 8.17. The first kappa shape index (κ1) is 21.1. The number of para-hydroxylation sites is 1. The number of carbonyl (C=O) groups is 2. The maximum atomic E-state index is 12.5. The zero-order valence-electron chi connectivity index (χ0n) is 18.5. The molecular weight excluding hydrogens is 410 g/mol. The van der Waals surface area contributed by atoms with E-state index in [9.17, 15) is 9.59 Å². The largest absolute Gasteiger partial charge is 0.364 e. The summed E-state index contributed by atoms with van der Waals surface area (Å²) in [5.41, 5.74) is 5.26. The molecule has 11 nitrogen and oxygen atoms in total. The van der Waals surface area contributed by atoms with Gasteiger partial charge in [-0.15, -0.1) is 0 Å². The molecule has 0 bridgehead atoms. The molecule has 1 atom stereocenters. The SMILES string of the molecule is CNC(=O)Nc1cc(Nc2cccc3c2N(C)[C@@H](C)c2nn(C)nc2-3)c(C(=O)NC)cn1. The minimum Gasteiger partial charge on any atom is -0.364 e. The number of carbonyl (C=O) groups excluding carboxylic acids is 2. The lowest BCUT2D eigenvalue weighted by Gasteiger charge is -2.34. The molecule has 0 saturated heterocycles. The Hall–Kier alpha value is -4.15. The van der Waals surface area contributed by atoms with Crippen LogP contribution in [-0.4, -0.2) is 53.1 Å². The number of anilines is 4. The molecule has 0 aliphatic carbocycles. The molecule has 166 valence electrons. The Morgan fingerprint density at radius 3 is 2.56 bits per heavy atom. The minimum atomic E-state index is -0.406. The van der Waals surface area contributed by atoms with Crippen LogP contribution in [0.5, 0.6) is 0 Å². The first-order valence-electron chi connectivity index (χ1n) is 10.1. The summed E-state index contributed by atoms with van der Waals surface area (Å²) in [7, 11) is 6.87. The highest BCUT2D eigenvalue weighted by molar-refractivity contribution is 6.02. The Balaban J connectivity index is 1.81. The molecule has 0 unspecified atom stereocenters. The predicted octanol–water partition coefficient (Wildman–Crippen LogP) is 2.24. The first-order chi connectivity index (χ1) is 15.3. The number of amides is 3. The van der Waals surface area contributed by atoms with Gasteiger partial charge in [0.05, 0.1) is 28.7 Å². The number of urea groups is 1. The van der Waals surface area contributed by atoms with Crippen LogP contribution in [0.1, 0.15) is 29.0 Å². The smallest absolute Gasteiger partial charge is 0.320 e. The van der Waals surface area contributed by atoms with Crippen LogP contribution in [0, 0.1) is 0 Å². The van der Waals surface area contributed by atoms with E-state index in [0.717, 1.165) is 28.3 Å². The van der Waals surface area contributed by atoms with Gasteiger partial charge in [0.15, 0.2) is 0 Å². The minimum absolute atomic E-state index is 0.00970. The van der Waals surface area contributed by atoms with E-state index in [4.69, 9.17) is 0 Å². The van der Waals surface area contributed by atoms with E-state index in [1.54, 1.807) is 25.0 Å². The Morgan fingerprint density at radius 1 is 1.06 bits per heavy atom.